The van der Waals surface area contributed by atoms with Crippen molar-refractivity contribution in [2.75, 3.05) is 5.32 Å². The molecule has 10 heteroatoms. The van der Waals surface area contributed by atoms with Gasteiger partial charge >= 0.3 is 0 Å². The summed E-state index contributed by atoms with van der Waals surface area (Å²) >= 11 is 10.9. The third kappa shape index (κ3) is 4.14. The summed E-state index contributed by atoms with van der Waals surface area (Å²) in [6, 6.07) is 19.5. The number of thioether (sulfide) groups is 1. The molecular formula is C24H19ClIN3O4S. The topological polar surface area (TPSA) is 98.3 Å². The summed E-state index contributed by atoms with van der Waals surface area (Å²) in [5, 5.41) is 26.1. The van der Waals surface area contributed by atoms with Crippen molar-refractivity contribution in [3.8, 4) is 0 Å². The third-order valence-electron chi connectivity index (χ3n) is 6.60. The number of rotatable bonds is 5. The highest BCUT2D eigenvalue weighted by Crippen LogP contribution is 2.58. The molecule has 0 radical (unpaired) electrons. The quantitative estimate of drug-likeness (QED) is 0.143. The zero-order chi connectivity index (χ0) is 24.0. The van der Waals surface area contributed by atoms with Gasteiger partial charge in [-0.05, 0) is 58.2 Å². The van der Waals surface area contributed by atoms with Crippen molar-refractivity contribution >= 4 is 63.0 Å². The third-order valence-corrected chi connectivity index (χ3v) is 9.61. The lowest BCUT2D eigenvalue weighted by Gasteiger charge is -2.38. The van der Waals surface area contributed by atoms with Gasteiger partial charge in [0.1, 0.15) is 0 Å². The Morgan fingerprint density at radius 2 is 1.71 bits per heavy atom. The van der Waals surface area contributed by atoms with Gasteiger partial charge in [0.2, 0.25) is 0 Å². The molecule has 5 atom stereocenters. The molecule has 7 nitrogen and oxygen atoms in total. The molecule has 0 bridgehead atoms. The van der Waals surface area contributed by atoms with Crippen LogP contribution in [0.15, 0.2) is 71.6 Å². The summed E-state index contributed by atoms with van der Waals surface area (Å²) in [6.07, 6.45) is 0.759. The van der Waals surface area contributed by atoms with E-state index in [2.05, 4.69) is 34.0 Å². The molecule has 1 N–H and O–H groups in total. The summed E-state index contributed by atoms with van der Waals surface area (Å²) in [6.45, 7) is 0. The number of anilines is 1. The highest BCUT2D eigenvalue weighted by molar-refractivity contribution is 14.1. The number of nitro benzene ring substituents is 2. The Labute approximate surface area is 218 Å². The van der Waals surface area contributed by atoms with E-state index in [0.717, 1.165) is 26.8 Å². The van der Waals surface area contributed by atoms with Crippen molar-refractivity contribution in [1.29, 1.82) is 0 Å². The Balaban J connectivity index is 1.53. The van der Waals surface area contributed by atoms with Gasteiger partial charge in [0.15, 0.2) is 0 Å². The zero-order valence-corrected chi connectivity index (χ0v) is 21.4. The number of non-ortho nitro benzene ring substituents is 1. The van der Waals surface area contributed by atoms with E-state index in [1.807, 2.05) is 12.1 Å². The van der Waals surface area contributed by atoms with Gasteiger partial charge < -0.3 is 5.32 Å². The number of nitrogens with zero attached hydrogens (tertiary/aromatic N) is 2. The van der Waals surface area contributed by atoms with Crippen LogP contribution >= 0.6 is 46.0 Å². The van der Waals surface area contributed by atoms with Crippen molar-refractivity contribution in [3.63, 3.8) is 0 Å². The number of halogens is 2. The van der Waals surface area contributed by atoms with Crippen LogP contribution in [0.2, 0.25) is 0 Å². The second kappa shape index (κ2) is 9.35. The molecule has 3 aromatic rings. The van der Waals surface area contributed by atoms with Crippen LogP contribution in [-0.4, -0.2) is 20.5 Å². The Morgan fingerprint density at radius 3 is 2.41 bits per heavy atom. The van der Waals surface area contributed by atoms with Crippen molar-refractivity contribution in [1.82, 2.24) is 0 Å². The standard InChI is InChI=1S/C24H19ClIN3O4S/c25-22-20(34-19-7-2-1-6-18(19)29(32)33)12-16-21(22)15-4-3-5-17(26)24(15)27-23(16)13-8-10-14(11-9-13)28(30)31/h1-11,16,20-23,27H,12H2/t16-,20-,21-,22+,23-/m0/s1. The number of nitro groups is 2. The van der Waals surface area contributed by atoms with Crippen molar-refractivity contribution in [3.05, 3.63) is 102 Å². The van der Waals surface area contributed by atoms with Gasteiger partial charge in [-0.25, -0.2) is 0 Å². The first kappa shape index (κ1) is 23.4. The fraction of sp³-hybridized carbons (Fsp3) is 0.250. The SMILES string of the molecule is O=[N+]([O-])c1ccc([C@@H]2Nc3c(I)cccc3[C@@H]3[C@H](Cl)[C@@H](Sc4ccccc4[N+](=O)[O-])C[C@@H]32)cc1. The number of fused-ring (bicyclic) bond motifs is 3. The van der Waals surface area contributed by atoms with Crippen LogP contribution < -0.4 is 5.32 Å². The summed E-state index contributed by atoms with van der Waals surface area (Å²) in [4.78, 5) is 22.5. The van der Waals surface area contributed by atoms with E-state index in [0.29, 0.717) is 4.90 Å². The molecule has 1 fully saturated rings. The molecule has 0 saturated heterocycles. The molecule has 1 aliphatic carbocycles. The fourth-order valence-electron chi connectivity index (χ4n) is 5.11. The van der Waals surface area contributed by atoms with Gasteiger partial charge in [-0.3, -0.25) is 20.2 Å². The molecule has 0 amide bonds. The van der Waals surface area contributed by atoms with E-state index < -0.39 is 4.92 Å². The molecule has 2 aliphatic rings. The van der Waals surface area contributed by atoms with Gasteiger partial charge in [0, 0.05) is 32.9 Å². The monoisotopic (exact) mass is 607 g/mol. The summed E-state index contributed by atoms with van der Waals surface area (Å²) < 4.78 is 1.08. The second-order valence-electron chi connectivity index (χ2n) is 8.43. The van der Waals surface area contributed by atoms with Crippen molar-refractivity contribution in [2.24, 2.45) is 5.92 Å². The maximum absolute atomic E-state index is 11.5. The lowest BCUT2D eigenvalue weighted by molar-refractivity contribution is -0.387. The zero-order valence-electron chi connectivity index (χ0n) is 17.6. The number of hydrogen-bond donors (Lipinski definition) is 1. The molecule has 174 valence electrons. The summed E-state index contributed by atoms with van der Waals surface area (Å²) in [5.41, 5.74) is 3.30. The van der Waals surface area contributed by atoms with Crippen LogP contribution in [0.3, 0.4) is 0 Å². The van der Waals surface area contributed by atoms with E-state index in [9.17, 15) is 20.2 Å². The highest BCUT2D eigenvalue weighted by Gasteiger charge is 2.50. The van der Waals surface area contributed by atoms with E-state index in [1.54, 1.807) is 30.3 Å². The van der Waals surface area contributed by atoms with Gasteiger partial charge in [-0.2, -0.15) is 0 Å². The molecule has 0 aromatic heterocycles. The molecule has 0 unspecified atom stereocenters. The Morgan fingerprint density at radius 1 is 0.971 bits per heavy atom. The molecule has 34 heavy (non-hydrogen) atoms. The lowest BCUT2D eigenvalue weighted by atomic mass is 9.77. The normalized spacial score (nSPS) is 25.2. The number of alkyl halides is 1. The number of benzene rings is 3. The summed E-state index contributed by atoms with van der Waals surface area (Å²) in [7, 11) is 0. The molecule has 1 saturated carbocycles. The van der Waals surface area contributed by atoms with Crippen LogP contribution in [0.4, 0.5) is 17.1 Å². The fourth-order valence-corrected chi connectivity index (χ4v) is 7.73. The molecule has 3 aromatic carbocycles. The Bertz CT molecular complexity index is 1280. The van der Waals surface area contributed by atoms with Crippen LogP contribution in [0.1, 0.15) is 29.5 Å². The maximum Gasteiger partial charge on any atom is 0.282 e. The molecule has 0 spiro atoms. The van der Waals surface area contributed by atoms with Crippen LogP contribution in [0, 0.1) is 29.7 Å². The first-order valence-corrected chi connectivity index (χ1v) is 13.1. The average molecular weight is 608 g/mol. The minimum atomic E-state index is -0.400. The van der Waals surface area contributed by atoms with Crippen LogP contribution in [0.25, 0.3) is 0 Å². The minimum Gasteiger partial charge on any atom is -0.377 e. The highest BCUT2D eigenvalue weighted by atomic mass is 127. The first-order chi connectivity index (χ1) is 16.3. The predicted molar refractivity (Wildman–Crippen MR) is 142 cm³/mol. The molecule has 5 rings (SSSR count). The van der Waals surface area contributed by atoms with Gasteiger partial charge in [0.25, 0.3) is 11.4 Å². The van der Waals surface area contributed by atoms with E-state index in [4.69, 9.17) is 11.6 Å². The minimum absolute atomic E-state index is 0.0241. The maximum atomic E-state index is 11.5. The molecule has 1 aliphatic heterocycles. The van der Waals surface area contributed by atoms with Crippen molar-refractivity contribution in [2.45, 2.75) is 33.9 Å². The lowest BCUT2D eigenvalue weighted by Crippen LogP contribution is -2.31. The largest absolute Gasteiger partial charge is 0.377 e. The van der Waals surface area contributed by atoms with Crippen molar-refractivity contribution < 1.29 is 9.85 Å². The van der Waals surface area contributed by atoms with Gasteiger partial charge in [-0.15, -0.1) is 23.4 Å². The Kier molecular flexibility index (Phi) is 6.43. The second-order valence-corrected chi connectivity index (χ2v) is 11.4. The predicted octanol–water partition coefficient (Wildman–Crippen LogP) is 7.15. The van der Waals surface area contributed by atoms with Crippen LogP contribution in [0.5, 0.6) is 0 Å². The van der Waals surface area contributed by atoms with Gasteiger partial charge in [0.05, 0.1) is 31.8 Å². The van der Waals surface area contributed by atoms with Crippen LogP contribution in [-0.2, 0) is 0 Å². The smallest absolute Gasteiger partial charge is 0.282 e. The molecular weight excluding hydrogens is 589 g/mol. The average Bonchev–Trinajstić information content (AvgIpc) is 3.15. The van der Waals surface area contributed by atoms with E-state index >= 15 is 0 Å². The number of para-hydroxylation sites is 2. The molecule has 1 heterocycles. The first-order valence-electron chi connectivity index (χ1n) is 10.7. The van der Waals surface area contributed by atoms with E-state index in [1.165, 1.54) is 30.0 Å². The van der Waals surface area contributed by atoms with Gasteiger partial charge in [-0.1, -0.05) is 36.4 Å². The Hall–Kier alpha value is -2.37. The summed E-state index contributed by atoms with van der Waals surface area (Å²) in [5.74, 6) is 0.183. The van der Waals surface area contributed by atoms with E-state index in [-0.39, 0.29) is 44.8 Å². The number of hydrogen-bond acceptors (Lipinski definition) is 6. The number of nitrogens with one attached hydrogen (secondary N) is 1.